The lowest BCUT2D eigenvalue weighted by molar-refractivity contribution is 0.114. The topological polar surface area (TPSA) is 115 Å². The van der Waals surface area contributed by atoms with E-state index < -0.39 is 0 Å². The molecule has 0 unspecified atom stereocenters. The highest BCUT2D eigenvalue weighted by Gasteiger charge is 2.18. The van der Waals surface area contributed by atoms with Crippen molar-refractivity contribution in [2.24, 2.45) is 16.8 Å². The van der Waals surface area contributed by atoms with Crippen molar-refractivity contribution in [3.63, 3.8) is 0 Å². The lowest BCUT2D eigenvalue weighted by Gasteiger charge is -2.29. The number of hydrogen-bond donors (Lipinski definition) is 3. The maximum atomic E-state index is 6.12. The molecule has 2 aromatic carbocycles. The third-order valence-electron chi connectivity index (χ3n) is 5.10. The maximum absolute atomic E-state index is 6.12. The molecule has 0 radical (unpaired) electrons. The van der Waals surface area contributed by atoms with Gasteiger partial charge < -0.3 is 25.4 Å². The number of nitrogens with two attached hydrogens (primary N) is 2. The van der Waals surface area contributed by atoms with Crippen LogP contribution in [0.2, 0.25) is 0 Å². The molecule has 0 saturated carbocycles. The average Bonchev–Trinajstić information content (AvgIpc) is 3.15. The van der Waals surface area contributed by atoms with Crippen molar-refractivity contribution in [2.75, 3.05) is 20.1 Å². The number of likely N-dealkylation sites (tertiary alicyclic amines) is 1. The Labute approximate surface area is 163 Å². The third-order valence-corrected chi connectivity index (χ3v) is 5.10. The Balaban J connectivity index is 1.57. The quantitative estimate of drug-likeness (QED) is 0.275. The summed E-state index contributed by atoms with van der Waals surface area (Å²) in [6, 6.07) is 13.5. The molecule has 0 aliphatic carbocycles. The Morgan fingerprint density at radius 1 is 1.21 bits per heavy atom. The Hall–Kier alpha value is -3.10. The van der Waals surface area contributed by atoms with Crippen LogP contribution in [0.25, 0.3) is 22.2 Å². The van der Waals surface area contributed by atoms with E-state index in [1.807, 2.05) is 42.5 Å². The first-order valence-electron chi connectivity index (χ1n) is 9.28. The van der Waals surface area contributed by atoms with Gasteiger partial charge in [-0.15, -0.1) is 0 Å². The SMILES string of the molecule is CN1CCC(Oc2ccc(-c3onc4ccc(/C(=N/N)NN)cc34)cc2)CC1. The molecule has 1 aliphatic rings. The summed E-state index contributed by atoms with van der Waals surface area (Å²) in [7, 11) is 2.14. The van der Waals surface area contributed by atoms with Crippen LogP contribution in [0.15, 0.2) is 52.1 Å². The van der Waals surface area contributed by atoms with Gasteiger partial charge in [0.05, 0.1) is 5.39 Å². The molecule has 3 aromatic rings. The zero-order chi connectivity index (χ0) is 19.5. The van der Waals surface area contributed by atoms with E-state index in [1.54, 1.807) is 0 Å². The Morgan fingerprint density at radius 3 is 2.64 bits per heavy atom. The van der Waals surface area contributed by atoms with Crippen LogP contribution in [-0.4, -0.2) is 42.1 Å². The zero-order valence-electron chi connectivity index (χ0n) is 15.8. The molecular weight excluding hydrogens is 356 g/mol. The number of hydrogen-bond acceptors (Lipinski definition) is 7. The molecule has 146 valence electrons. The van der Waals surface area contributed by atoms with E-state index in [1.165, 1.54) is 0 Å². The number of ether oxygens (including phenoxy) is 1. The smallest absolute Gasteiger partial charge is 0.174 e. The van der Waals surface area contributed by atoms with Gasteiger partial charge in [0.2, 0.25) is 0 Å². The van der Waals surface area contributed by atoms with Gasteiger partial charge in [-0.3, -0.25) is 0 Å². The number of hydrazone groups is 1. The van der Waals surface area contributed by atoms with Crippen LogP contribution in [-0.2, 0) is 0 Å². The number of nitrogens with zero attached hydrogens (tertiary/aromatic N) is 3. The summed E-state index contributed by atoms with van der Waals surface area (Å²) in [5.74, 6) is 12.8. The summed E-state index contributed by atoms with van der Waals surface area (Å²) in [6.45, 7) is 2.14. The number of fused-ring (bicyclic) bond motifs is 1. The lowest BCUT2D eigenvalue weighted by Crippen LogP contribution is -2.35. The Kier molecular flexibility index (Phi) is 5.14. The summed E-state index contributed by atoms with van der Waals surface area (Å²) in [5.41, 5.74) is 4.91. The van der Waals surface area contributed by atoms with E-state index in [2.05, 4.69) is 27.6 Å². The fourth-order valence-corrected chi connectivity index (χ4v) is 3.47. The van der Waals surface area contributed by atoms with Gasteiger partial charge >= 0.3 is 0 Å². The Morgan fingerprint density at radius 2 is 1.96 bits per heavy atom. The minimum Gasteiger partial charge on any atom is -0.490 e. The highest BCUT2D eigenvalue weighted by atomic mass is 16.5. The molecule has 0 amide bonds. The Bertz CT molecular complexity index is 974. The van der Waals surface area contributed by atoms with E-state index in [0.717, 1.165) is 53.7 Å². The van der Waals surface area contributed by atoms with Crippen LogP contribution in [0.3, 0.4) is 0 Å². The number of aromatic nitrogens is 1. The standard InChI is InChI=1S/C20H24N6O2/c1-26-10-8-16(9-11-26)27-15-5-2-13(3-6-15)19-17-12-14(20(23-21)24-22)4-7-18(17)25-28-19/h2-7,12,16H,8-11,21-22H2,1H3,(H,23,24). The first-order chi connectivity index (χ1) is 13.7. The van der Waals surface area contributed by atoms with Crippen molar-refractivity contribution in [3.05, 3.63) is 48.0 Å². The fraction of sp³-hybridized carbons (Fsp3) is 0.300. The van der Waals surface area contributed by atoms with Crippen molar-refractivity contribution < 1.29 is 9.26 Å². The molecule has 5 N–H and O–H groups in total. The minimum absolute atomic E-state index is 0.272. The molecule has 1 saturated heterocycles. The van der Waals surface area contributed by atoms with Crippen molar-refractivity contribution in [2.45, 2.75) is 18.9 Å². The molecular formula is C20H24N6O2. The van der Waals surface area contributed by atoms with Crippen LogP contribution in [0, 0.1) is 0 Å². The molecule has 1 aliphatic heterocycles. The summed E-state index contributed by atoms with van der Waals surface area (Å²) < 4.78 is 11.7. The van der Waals surface area contributed by atoms with Crippen LogP contribution in [0.4, 0.5) is 0 Å². The molecule has 1 fully saturated rings. The molecule has 0 bridgehead atoms. The monoisotopic (exact) mass is 380 g/mol. The number of benzene rings is 2. The number of rotatable bonds is 4. The summed E-state index contributed by atoms with van der Waals surface area (Å²) in [5, 5.41) is 8.65. The second-order valence-corrected chi connectivity index (χ2v) is 7.01. The minimum atomic E-state index is 0.272. The van der Waals surface area contributed by atoms with Gasteiger partial charge in [-0.1, -0.05) is 5.16 Å². The van der Waals surface area contributed by atoms with Crippen molar-refractivity contribution in [1.29, 1.82) is 0 Å². The highest BCUT2D eigenvalue weighted by molar-refractivity contribution is 6.03. The molecule has 28 heavy (non-hydrogen) atoms. The molecule has 8 nitrogen and oxygen atoms in total. The molecule has 1 aromatic heterocycles. The first kappa shape index (κ1) is 18.3. The summed E-state index contributed by atoms with van der Waals surface area (Å²) in [6.07, 6.45) is 2.37. The number of piperidine rings is 1. The van der Waals surface area contributed by atoms with Crippen molar-refractivity contribution in [3.8, 4) is 17.1 Å². The van der Waals surface area contributed by atoms with Crippen LogP contribution in [0.1, 0.15) is 18.4 Å². The normalized spacial score (nSPS) is 16.4. The van der Waals surface area contributed by atoms with Gasteiger partial charge in [-0.05, 0) is 62.4 Å². The molecule has 4 rings (SSSR count). The van der Waals surface area contributed by atoms with E-state index in [0.29, 0.717) is 11.6 Å². The van der Waals surface area contributed by atoms with Gasteiger partial charge in [-0.25, -0.2) is 5.84 Å². The lowest BCUT2D eigenvalue weighted by atomic mass is 10.1. The van der Waals surface area contributed by atoms with E-state index >= 15 is 0 Å². The maximum Gasteiger partial charge on any atom is 0.174 e. The number of amidine groups is 1. The number of nitrogens with one attached hydrogen (secondary N) is 1. The van der Waals surface area contributed by atoms with Crippen LogP contribution >= 0.6 is 0 Å². The van der Waals surface area contributed by atoms with Gasteiger partial charge in [0.15, 0.2) is 11.6 Å². The van der Waals surface area contributed by atoms with E-state index in [-0.39, 0.29) is 6.10 Å². The molecule has 2 heterocycles. The predicted octanol–water partition coefficient (Wildman–Crippen LogP) is 2.05. The average molecular weight is 380 g/mol. The van der Waals surface area contributed by atoms with Gasteiger partial charge in [0.25, 0.3) is 0 Å². The van der Waals surface area contributed by atoms with Crippen LogP contribution in [0.5, 0.6) is 5.75 Å². The third kappa shape index (κ3) is 3.64. The van der Waals surface area contributed by atoms with Crippen molar-refractivity contribution >= 4 is 16.7 Å². The molecule has 8 heteroatoms. The molecule has 0 atom stereocenters. The summed E-state index contributed by atoms with van der Waals surface area (Å²) in [4.78, 5) is 2.33. The molecule has 0 spiro atoms. The van der Waals surface area contributed by atoms with Gasteiger partial charge in [0, 0.05) is 24.2 Å². The largest absolute Gasteiger partial charge is 0.490 e. The van der Waals surface area contributed by atoms with Crippen molar-refractivity contribution in [1.82, 2.24) is 15.5 Å². The summed E-state index contributed by atoms with van der Waals surface area (Å²) >= 11 is 0. The second-order valence-electron chi connectivity index (χ2n) is 7.01. The van der Waals surface area contributed by atoms with E-state index in [9.17, 15) is 0 Å². The van der Waals surface area contributed by atoms with E-state index in [4.69, 9.17) is 20.9 Å². The highest BCUT2D eigenvalue weighted by Crippen LogP contribution is 2.31. The van der Waals surface area contributed by atoms with Gasteiger partial charge in [0.1, 0.15) is 17.4 Å². The zero-order valence-corrected chi connectivity index (χ0v) is 15.8. The van der Waals surface area contributed by atoms with Gasteiger partial charge in [-0.2, -0.15) is 5.10 Å². The second kappa shape index (κ2) is 7.87. The predicted molar refractivity (Wildman–Crippen MR) is 109 cm³/mol. The number of hydrazine groups is 1. The van der Waals surface area contributed by atoms with Crippen LogP contribution < -0.4 is 21.8 Å². The first-order valence-corrected chi connectivity index (χ1v) is 9.28. The fourth-order valence-electron chi connectivity index (χ4n) is 3.47.